The standard InChI is InChI=1S/C41H56ClN3O6S/c1-27-10-8-19-41(50-6,22-38(46)44(4)28(2)24-49-5)35-15-12-32(35)23-45-25-40(18-9-11-30-20-33(42)14-16-34(30)40)26-51-37-17-13-31(21-36(37)45)39(47)43-52(7,48)29(27)3/h8,13-14,16-17,19-21,27-29,32,35H,7,9-12,15,18,22-26H2,1-6H3,(H,43,47,48)/b19-8+/t27-,28-,29+,32-,35+,40-,41+,52?/m0/s1. The van der Waals surface area contributed by atoms with E-state index in [0.29, 0.717) is 44.0 Å². The van der Waals surface area contributed by atoms with Crippen LogP contribution in [0.15, 0.2) is 48.6 Å². The van der Waals surface area contributed by atoms with Crippen molar-refractivity contribution in [2.75, 3.05) is 52.5 Å². The Balaban J connectivity index is 1.44. The Kier molecular flexibility index (Phi) is 11.4. The van der Waals surface area contributed by atoms with E-state index in [0.717, 1.165) is 42.8 Å². The molecule has 2 bridgehead atoms. The molecule has 8 atom stereocenters. The average Bonchev–Trinajstić information content (AvgIpc) is 3.25. The molecule has 1 saturated carbocycles. The van der Waals surface area contributed by atoms with E-state index in [-0.39, 0.29) is 41.5 Å². The smallest absolute Gasteiger partial charge is 0.262 e. The quantitative estimate of drug-likeness (QED) is 0.268. The molecule has 1 fully saturated rings. The predicted molar refractivity (Wildman–Crippen MR) is 210 cm³/mol. The Bertz CT molecular complexity index is 1800. The Morgan fingerprint density at radius 2 is 2.00 bits per heavy atom. The van der Waals surface area contributed by atoms with Gasteiger partial charge in [0.25, 0.3) is 5.91 Å². The first-order chi connectivity index (χ1) is 24.7. The van der Waals surface area contributed by atoms with Crippen LogP contribution in [-0.4, -0.2) is 91.3 Å². The number of nitrogens with zero attached hydrogens (tertiary/aromatic N) is 2. The zero-order chi connectivity index (χ0) is 37.4. The molecule has 4 aliphatic rings. The second-order valence-corrected chi connectivity index (χ2v) is 18.7. The van der Waals surface area contributed by atoms with Crippen LogP contribution >= 0.6 is 11.6 Å². The summed E-state index contributed by atoms with van der Waals surface area (Å²) in [5.74, 6) is 4.52. The maximum atomic E-state index is 14.0. The van der Waals surface area contributed by atoms with Crippen LogP contribution in [0.2, 0.25) is 5.02 Å². The molecule has 9 nitrogen and oxygen atoms in total. The molecule has 0 saturated heterocycles. The second-order valence-electron chi connectivity index (χ2n) is 15.9. The number of anilines is 1. The molecule has 284 valence electrons. The lowest BCUT2D eigenvalue weighted by Gasteiger charge is -2.50. The lowest BCUT2D eigenvalue weighted by Crippen LogP contribution is -2.54. The van der Waals surface area contributed by atoms with Crippen molar-refractivity contribution in [2.24, 2.45) is 17.8 Å². The van der Waals surface area contributed by atoms with Gasteiger partial charge in [-0.3, -0.25) is 14.3 Å². The monoisotopic (exact) mass is 753 g/mol. The Hall–Kier alpha value is -3.05. The molecule has 1 spiro atoms. The molecule has 6 rings (SSSR count). The largest absolute Gasteiger partial charge is 0.490 e. The summed E-state index contributed by atoms with van der Waals surface area (Å²) in [6.07, 6.45) is 9.79. The average molecular weight is 754 g/mol. The third-order valence-corrected chi connectivity index (χ3v) is 15.1. The van der Waals surface area contributed by atoms with Crippen LogP contribution in [-0.2, 0) is 35.8 Å². The van der Waals surface area contributed by atoms with E-state index < -0.39 is 26.5 Å². The molecule has 2 aliphatic carbocycles. The van der Waals surface area contributed by atoms with Crippen molar-refractivity contribution in [1.29, 1.82) is 0 Å². The van der Waals surface area contributed by atoms with E-state index in [9.17, 15) is 13.8 Å². The van der Waals surface area contributed by atoms with Gasteiger partial charge in [-0.05, 0) is 117 Å². The third-order valence-electron chi connectivity index (χ3n) is 12.6. The van der Waals surface area contributed by atoms with Crippen molar-refractivity contribution < 1.29 is 28.0 Å². The summed E-state index contributed by atoms with van der Waals surface area (Å²) < 4.78 is 35.3. The number of carbonyl (C=O) groups is 2. The SMILES string of the molecule is C=S1(=O)NC(=O)c2ccc3c(c2)N(C[C@@H]2CC[C@H]2[C@@](CC(=O)N(C)[C@@H](C)COC)(OC)/C=C/C[C@H](C)[C@H]1C)C[C@@]1(CCCc2cc(Cl)ccc21)CO3. The second kappa shape index (κ2) is 15.4. The molecular formula is C41H56ClN3O6S. The van der Waals surface area contributed by atoms with Crippen LogP contribution in [0, 0.1) is 17.8 Å². The molecule has 2 amide bonds. The minimum Gasteiger partial charge on any atom is -0.490 e. The molecule has 0 radical (unpaired) electrons. The minimum absolute atomic E-state index is 0.00408. The topological polar surface area (TPSA) is 97.4 Å². The number of methoxy groups -OCH3 is 2. The minimum atomic E-state index is -3.02. The van der Waals surface area contributed by atoms with Crippen molar-refractivity contribution in [3.05, 3.63) is 70.3 Å². The zero-order valence-corrected chi connectivity index (χ0v) is 33.2. The number of fused-ring (bicyclic) bond motifs is 4. The number of nitrogens with one attached hydrogen (secondary N) is 1. The van der Waals surface area contributed by atoms with Gasteiger partial charge in [-0.25, -0.2) is 4.21 Å². The summed E-state index contributed by atoms with van der Waals surface area (Å²) >= 11 is 6.49. The molecule has 0 aromatic heterocycles. The number of hydrogen-bond donors (Lipinski definition) is 1. The first-order valence-electron chi connectivity index (χ1n) is 18.7. The molecule has 1 unspecified atom stereocenters. The van der Waals surface area contributed by atoms with Crippen LogP contribution < -0.4 is 14.4 Å². The fourth-order valence-corrected chi connectivity index (χ4v) is 10.6. The number of ether oxygens (including phenoxy) is 3. The highest BCUT2D eigenvalue weighted by Crippen LogP contribution is 2.50. The van der Waals surface area contributed by atoms with Gasteiger partial charge in [0.15, 0.2) is 0 Å². The van der Waals surface area contributed by atoms with Gasteiger partial charge >= 0.3 is 0 Å². The maximum Gasteiger partial charge on any atom is 0.262 e. The molecule has 2 heterocycles. The van der Waals surface area contributed by atoms with Gasteiger partial charge in [0.1, 0.15) is 5.75 Å². The van der Waals surface area contributed by atoms with Crippen LogP contribution in [0.5, 0.6) is 5.75 Å². The predicted octanol–water partition coefficient (Wildman–Crippen LogP) is 6.45. The first-order valence-corrected chi connectivity index (χ1v) is 20.9. The van der Waals surface area contributed by atoms with Gasteiger partial charge in [0, 0.05) is 55.6 Å². The summed E-state index contributed by atoms with van der Waals surface area (Å²) in [7, 11) is 2.17. The van der Waals surface area contributed by atoms with Crippen LogP contribution in [0.3, 0.4) is 0 Å². The molecule has 11 heteroatoms. The van der Waals surface area contributed by atoms with Crippen molar-refractivity contribution >= 4 is 44.7 Å². The fraction of sp³-hybridized carbons (Fsp3) is 0.585. The highest BCUT2D eigenvalue weighted by atomic mass is 35.5. The number of aryl methyl sites for hydroxylation is 1. The van der Waals surface area contributed by atoms with E-state index in [2.05, 4.69) is 39.8 Å². The number of allylic oxidation sites excluding steroid dienone is 1. The van der Waals surface area contributed by atoms with Crippen LogP contribution in [0.25, 0.3) is 0 Å². The molecule has 2 aliphatic heterocycles. The van der Waals surface area contributed by atoms with E-state index in [1.165, 1.54) is 11.1 Å². The van der Waals surface area contributed by atoms with E-state index in [1.54, 1.807) is 25.2 Å². The fourth-order valence-electron chi connectivity index (χ4n) is 8.89. The van der Waals surface area contributed by atoms with Crippen LogP contribution in [0.4, 0.5) is 5.69 Å². The van der Waals surface area contributed by atoms with E-state index >= 15 is 0 Å². The Morgan fingerprint density at radius 3 is 2.71 bits per heavy atom. The number of amides is 2. The number of benzene rings is 2. The normalized spacial score (nSPS) is 33.0. The van der Waals surface area contributed by atoms with Gasteiger partial charge < -0.3 is 24.0 Å². The number of hydrogen-bond acceptors (Lipinski definition) is 7. The molecule has 52 heavy (non-hydrogen) atoms. The van der Waals surface area contributed by atoms with Crippen molar-refractivity contribution in [2.45, 2.75) is 88.0 Å². The van der Waals surface area contributed by atoms with E-state index in [1.807, 2.05) is 46.0 Å². The lowest BCUT2D eigenvalue weighted by molar-refractivity contribution is -0.144. The molecular weight excluding hydrogens is 698 g/mol. The Labute approximate surface area is 315 Å². The summed E-state index contributed by atoms with van der Waals surface area (Å²) in [4.78, 5) is 31.9. The van der Waals surface area contributed by atoms with E-state index in [4.69, 9.17) is 25.8 Å². The zero-order valence-electron chi connectivity index (χ0n) is 31.6. The van der Waals surface area contributed by atoms with Gasteiger partial charge in [-0.2, -0.15) is 0 Å². The van der Waals surface area contributed by atoms with Crippen molar-refractivity contribution in [3.8, 4) is 5.75 Å². The number of rotatable bonds is 6. The van der Waals surface area contributed by atoms with Gasteiger partial charge in [-0.1, -0.05) is 36.7 Å². The third kappa shape index (κ3) is 7.50. The number of halogens is 1. The van der Waals surface area contributed by atoms with Gasteiger partial charge in [0.2, 0.25) is 5.91 Å². The highest BCUT2D eigenvalue weighted by Gasteiger charge is 2.50. The van der Waals surface area contributed by atoms with Crippen LogP contribution in [0.1, 0.15) is 80.8 Å². The summed E-state index contributed by atoms with van der Waals surface area (Å²) in [6.45, 7) is 8.20. The van der Waals surface area contributed by atoms with Gasteiger partial charge in [0.05, 0.1) is 46.7 Å². The van der Waals surface area contributed by atoms with Crippen molar-refractivity contribution in [1.82, 2.24) is 9.62 Å². The Morgan fingerprint density at radius 1 is 1.21 bits per heavy atom. The van der Waals surface area contributed by atoms with Crippen molar-refractivity contribution in [3.63, 3.8) is 0 Å². The summed E-state index contributed by atoms with van der Waals surface area (Å²) in [6, 6.07) is 11.7. The summed E-state index contributed by atoms with van der Waals surface area (Å²) in [5.41, 5.74) is 2.63. The molecule has 1 N–H and O–H groups in total. The number of carbonyl (C=O) groups excluding carboxylic acids is 2. The van der Waals surface area contributed by atoms with Gasteiger partial charge in [-0.15, -0.1) is 0 Å². The number of likely N-dealkylation sites (N-methyl/N-ethyl adjacent to an activating group) is 1. The molecule has 2 aromatic rings. The first kappa shape index (κ1) is 38.7. The maximum absolute atomic E-state index is 14.0. The lowest BCUT2D eigenvalue weighted by atomic mass is 9.62. The summed E-state index contributed by atoms with van der Waals surface area (Å²) in [5, 5.41) is 0.323. The molecule has 2 aromatic carbocycles. The highest BCUT2D eigenvalue weighted by molar-refractivity contribution is 7.99.